The van der Waals surface area contributed by atoms with Crippen LogP contribution in [-0.2, 0) is 11.0 Å². The molecule has 1 saturated heterocycles. The van der Waals surface area contributed by atoms with Crippen molar-refractivity contribution in [2.75, 3.05) is 39.8 Å². The lowest BCUT2D eigenvalue weighted by atomic mass is 9.95. The van der Waals surface area contributed by atoms with Gasteiger partial charge in [-0.25, -0.2) is 0 Å². The fourth-order valence-electron chi connectivity index (χ4n) is 4.25. The first-order valence-corrected chi connectivity index (χ1v) is 10.8. The largest absolute Gasteiger partial charge is 0.416 e. The minimum atomic E-state index is -4.35. The van der Waals surface area contributed by atoms with Crippen molar-refractivity contribution in [1.82, 2.24) is 15.1 Å². The number of nitrogens with two attached hydrogens (primary N) is 1. The van der Waals surface area contributed by atoms with Crippen LogP contribution in [0.15, 0.2) is 29.3 Å². The van der Waals surface area contributed by atoms with Crippen LogP contribution in [0.2, 0.25) is 0 Å². The van der Waals surface area contributed by atoms with E-state index in [0.29, 0.717) is 19.5 Å². The van der Waals surface area contributed by atoms with Crippen molar-refractivity contribution in [3.05, 3.63) is 35.4 Å². The summed E-state index contributed by atoms with van der Waals surface area (Å²) in [5, 5.41) is 3.40. The highest BCUT2D eigenvalue weighted by Gasteiger charge is 2.31. The summed E-state index contributed by atoms with van der Waals surface area (Å²) >= 11 is 0. The summed E-state index contributed by atoms with van der Waals surface area (Å²) in [6.07, 6.45) is -2.07. The molecule has 0 saturated carbocycles. The van der Waals surface area contributed by atoms with Crippen LogP contribution in [0.5, 0.6) is 0 Å². The molecule has 1 aromatic rings. The molecule has 0 aromatic heterocycles. The zero-order valence-corrected chi connectivity index (χ0v) is 21.3. The van der Waals surface area contributed by atoms with Gasteiger partial charge in [0.15, 0.2) is 5.96 Å². The number of guanidine groups is 1. The first kappa shape index (κ1) is 28.5. The minimum Gasteiger partial charge on any atom is -0.370 e. The van der Waals surface area contributed by atoms with Crippen molar-refractivity contribution < 1.29 is 18.0 Å². The van der Waals surface area contributed by atoms with Gasteiger partial charge in [-0.1, -0.05) is 26.0 Å². The number of halogens is 4. The number of piperidine rings is 1. The van der Waals surface area contributed by atoms with Crippen LogP contribution in [-0.4, -0.2) is 61.4 Å². The summed E-state index contributed by atoms with van der Waals surface area (Å²) in [7, 11) is 1.71. The average Bonchev–Trinajstić information content (AvgIpc) is 2.73. The van der Waals surface area contributed by atoms with E-state index in [1.54, 1.807) is 19.2 Å². The van der Waals surface area contributed by atoms with Gasteiger partial charge in [-0.2, -0.15) is 13.2 Å². The van der Waals surface area contributed by atoms with Crippen molar-refractivity contribution in [3.8, 4) is 0 Å². The molecule has 1 amide bonds. The Labute approximate surface area is 205 Å². The number of nitrogens with zero attached hydrogens (tertiary/aromatic N) is 3. The number of hydrogen-bond donors (Lipinski definition) is 2. The summed E-state index contributed by atoms with van der Waals surface area (Å²) in [6, 6.07) is 5.29. The van der Waals surface area contributed by atoms with Gasteiger partial charge in [-0.05, 0) is 49.5 Å². The highest BCUT2D eigenvalue weighted by Crippen LogP contribution is 2.31. The maximum absolute atomic E-state index is 13.0. The summed E-state index contributed by atoms with van der Waals surface area (Å²) in [4.78, 5) is 20.0. The van der Waals surface area contributed by atoms with E-state index in [-0.39, 0.29) is 41.8 Å². The van der Waals surface area contributed by atoms with E-state index in [0.717, 1.165) is 56.1 Å². The highest BCUT2D eigenvalue weighted by molar-refractivity contribution is 14.0. The van der Waals surface area contributed by atoms with E-state index >= 15 is 0 Å². The molecular weight excluding hydrogens is 534 g/mol. The van der Waals surface area contributed by atoms with Crippen molar-refractivity contribution in [2.45, 2.75) is 45.3 Å². The molecule has 0 aliphatic carbocycles. The monoisotopic (exact) mass is 569 g/mol. The Morgan fingerprint density at radius 2 is 1.91 bits per heavy atom. The number of hydrogen-bond acceptors (Lipinski definition) is 3. The first-order chi connectivity index (χ1) is 14.7. The fraction of sp³-hybridized carbons (Fsp3) is 0.636. The third-order valence-electron chi connectivity index (χ3n) is 5.85. The zero-order chi connectivity index (χ0) is 23.0. The summed E-state index contributed by atoms with van der Waals surface area (Å²) < 4.78 is 38.9. The molecule has 6 nitrogen and oxygen atoms in total. The molecule has 1 aliphatic rings. The Balaban J connectivity index is 0.00000512. The van der Waals surface area contributed by atoms with Crippen LogP contribution in [0.3, 0.4) is 0 Å². The first-order valence-electron chi connectivity index (χ1n) is 10.8. The van der Waals surface area contributed by atoms with Crippen LogP contribution < -0.4 is 11.1 Å². The Morgan fingerprint density at radius 1 is 1.28 bits per heavy atom. The number of nitrogens with one attached hydrogen (secondary N) is 1. The van der Waals surface area contributed by atoms with Crippen LogP contribution in [0.25, 0.3) is 0 Å². The number of benzene rings is 1. The molecular formula is C22H35F3IN5O. The molecule has 1 fully saturated rings. The van der Waals surface area contributed by atoms with Gasteiger partial charge in [0.1, 0.15) is 0 Å². The Bertz CT molecular complexity index is 738. The SMILES string of the molecule is CCN(CC)C(CNC(=NC)N1CCCC(CC(N)=O)C1)c1ccc(C(F)(F)F)cc1.I. The van der Waals surface area contributed by atoms with E-state index in [1.165, 1.54) is 0 Å². The zero-order valence-electron chi connectivity index (χ0n) is 19.0. The smallest absolute Gasteiger partial charge is 0.370 e. The minimum absolute atomic E-state index is 0. The molecule has 2 unspecified atom stereocenters. The third kappa shape index (κ3) is 8.09. The lowest BCUT2D eigenvalue weighted by molar-refractivity contribution is -0.137. The Kier molecular flexibility index (Phi) is 11.8. The van der Waals surface area contributed by atoms with Gasteiger partial charge in [-0.3, -0.25) is 14.7 Å². The molecule has 0 spiro atoms. The maximum Gasteiger partial charge on any atom is 0.416 e. The molecule has 32 heavy (non-hydrogen) atoms. The van der Waals surface area contributed by atoms with Crippen LogP contribution in [0.1, 0.15) is 50.3 Å². The molecule has 2 atom stereocenters. The van der Waals surface area contributed by atoms with Gasteiger partial charge in [-0.15, -0.1) is 24.0 Å². The second-order valence-corrected chi connectivity index (χ2v) is 7.91. The molecule has 0 radical (unpaired) electrons. The van der Waals surface area contributed by atoms with Crippen molar-refractivity contribution >= 4 is 35.8 Å². The second-order valence-electron chi connectivity index (χ2n) is 7.91. The molecule has 3 N–H and O–H groups in total. The number of carbonyl (C=O) groups is 1. The molecule has 1 aliphatic heterocycles. The highest BCUT2D eigenvalue weighted by atomic mass is 127. The van der Waals surface area contributed by atoms with E-state index in [4.69, 9.17) is 5.73 Å². The number of likely N-dealkylation sites (tertiary alicyclic amines) is 1. The van der Waals surface area contributed by atoms with Crippen molar-refractivity contribution in [3.63, 3.8) is 0 Å². The molecule has 1 aromatic carbocycles. The van der Waals surface area contributed by atoms with E-state index in [9.17, 15) is 18.0 Å². The quantitative estimate of drug-likeness (QED) is 0.284. The van der Waals surface area contributed by atoms with Gasteiger partial charge < -0.3 is 16.0 Å². The van der Waals surface area contributed by atoms with Crippen molar-refractivity contribution in [1.29, 1.82) is 0 Å². The lowest BCUT2D eigenvalue weighted by Gasteiger charge is -2.36. The van der Waals surface area contributed by atoms with Crippen molar-refractivity contribution in [2.24, 2.45) is 16.6 Å². The van der Waals surface area contributed by atoms with Crippen LogP contribution >= 0.6 is 24.0 Å². The normalized spacial score (nSPS) is 18.3. The predicted molar refractivity (Wildman–Crippen MR) is 132 cm³/mol. The molecule has 2 rings (SSSR count). The second kappa shape index (κ2) is 13.2. The number of likely N-dealkylation sites (N-methyl/N-ethyl adjacent to an activating group) is 1. The Hall–Kier alpha value is -1.56. The van der Waals surface area contributed by atoms with Crippen LogP contribution in [0.4, 0.5) is 13.2 Å². The fourth-order valence-corrected chi connectivity index (χ4v) is 4.25. The number of carbonyl (C=O) groups excluding carboxylic acids is 1. The van der Waals surface area contributed by atoms with Gasteiger partial charge in [0.05, 0.1) is 11.6 Å². The average molecular weight is 569 g/mol. The number of rotatable bonds is 8. The summed E-state index contributed by atoms with van der Waals surface area (Å²) in [6.45, 7) is 7.67. The van der Waals surface area contributed by atoms with Gasteiger partial charge >= 0.3 is 6.18 Å². The standard InChI is InChI=1S/C22H34F3N5O.HI/c1-4-29(5-2)19(17-8-10-18(11-9-17)22(23,24)25)14-28-21(27-3)30-12-6-7-16(15-30)13-20(26)31;/h8-11,16,19H,4-7,12-15H2,1-3H3,(H2,26,31)(H,27,28);1H. The van der Waals surface area contributed by atoms with Gasteiger partial charge in [0.25, 0.3) is 0 Å². The summed E-state index contributed by atoms with van der Waals surface area (Å²) in [5.74, 6) is 0.648. The number of amides is 1. The number of alkyl halides is 3. The van der Waals surface area contributed by atoms with Crippen LogP contribution in [0, 0.1) is 5.92 Å². The molecule has 10 heteroatoms. The number of primary amides is 1. The third-order valence-corrected chi connectivity index (χ3v) is 5.85. The van der Waals surface area contributed by atoms with E-state index in [2.05, 4.69) is 20.1 Å². The molecule has 182 valence electrons. The van der Waals surface area contributed by atoms with E-state index < -0.39 is 11.7 Å². The molecule has 1 heterocycles. The van der Waals surface area contributed by atoms with E-state index in [1.807, 2.05) is 13.8 Å². The lowest BCUT2D eigenvalue weighted by Crippen LogP contribution is -2.49. The Morgan fingerprint density at radius 3 is 2.41 bits per heavy atom. The maximum atomic E-state index is 13.0. The predicted octanol–water partition coefficient (Wildman–Crippen LogP) is 3.87. The van der Waals surface area contributed by atoms with Gasteiger partial charge in [0.2, 0.25) is 5.91 Å². The van der Waals surface area contributed by atoms with Gasteiger partial charge in [0, 0.05) is 33.1 Å². The number of aliphatic imine (C=N–C) groups is 1. The summed E-state index contributed by atoms with van der Waals surface area (Å²) in [5.41, 5.74) is 5.54. The topological polar surface area (TPSA) is 74.0 Å². The molecule has 0 bridgehead atoms.